The first-order valence-electron chi connectivity index (χ1n) is 9.75. The average molecular weight is 405 g/mol. The number of rotatable bonds is 4. The van der Waals surface area contributed by atoms with Gasteiger partial charge in [-0.05, 0) is 17.2 Å². The van der Waals surface area contributed by atoms with Crippen molar-refractivity contribution in [3.8, 4) is 0 Å². The Morgan fingerprint density at radius 3 is 2.50 bits per heavy atom. The number of para-hydroxylation sites is 1. The highest BCUT2D eigenvalue weighted by Crippen LogP contribution is 2.26. The zero-order valence-corrected chi connectivity index (χ0v) is 16.9. The van der Waals surface area contributed by atoms with E-state index in [2.05, 4.69) is 0 Å². The lowest BCUT2D eigenvalue weighted by atomic mass is 10.00. The molecule has 30 heavy (non-hydrogen) atoms. The van der Waals surface area contributed by atoms with Crippen LogP contribution in [0.15, 0.2) is 60.8 Å². The number of amides is 3. The molecule has 0 bridgehead atoms. The third kappa shape index (κ3) is 3.54. The summed E-state index contributed by atoms with van der Waals surface area (Å²) in [6.45, 7) is 0.154. The van der Waals surface area contributed by atoms with Gasteiger partial charge in [0, 0.05) is 37.1 Å². The molecule has 0 aliphatic carbocycles. The summed E-state index contributed by atoms with van der Waals surface area (Å²) in [5.74, 6) is -0.709. The topological polar surface area (TPSA) is 71.8 Å². The molecule has 1 aliphatic rings. The van der Waals surface area contributed by atoms with Gasteiger partial charge in [0.05, 0.1) is 7.11 Å². The number of benzene rings is 2. The van der Waals surface area contributed by atoms with Crippen molar-refractivity contribution < 1.29 is 19.1 Å². The van der Waals surface area contributed by atoms with Crippen LogP contribution in [0.2, 0.25) is 0 Å². The second-order valence-corrected chi connectivity index (χ2v) is 7.42. The molecule has 0 spiro atoms. The summed E-state index contributed by atoms with van der Waals surface area (Å²) < 4.78 is 6.79. The molecule has 0 radical (unpaired) electrons. The third-order valence-electron chi connectivity index (χ3n) is 5.48. The molecule has 0 saturated carbocycles. The van der Waals surface area contributed by atoms with Crippen LogP contribution in [0.1, 0.15) is 11.1 Å². The monoisotopic (exact) mass is 405 g/mol. The predicted octanol–water partition coefficient (Wildman–Crippen LogP) is 2.73. The highest BCUT2D eigenvalue weighted by atomic mass is 16.5. The molecule has 1 aromatic heterocycles. The Hall–Kier alpha value is -3.61. The first kappa shape index (κ1) is 19.7. The minimum Gasteiger partial charge on any atom is -0.452 e. The zero-order chi connectivity index (χ0) is 21.3. The van der Waals surface area contributed by atoms with E-state index in [4.69, 9.17) is 4.74 Å². The largest absolute Gasteiger partial charge is 0.452 e. The van der Waals surface area contributed by atoms with Crippen LogP contribution >= 0.6 is 0 Å². The fourth-order valence-corrected chi connectivity index (χ4v) is 4.05. The van der Waals surface area contributed by atoms with Gasteiger partial charge in [-0.15, -0.1) is 0 Å². The molecule has 1 fully saturated rings. The molecule has 1 aliphatic heterocycles. The van der Waals surface area contributed by atoms with Gasteiger partial charge in [-0.2, -0.15) is 0 Å². The van der Waals surface area contributed by atoms with Crippen LogP contribution in [0.25, 0.3) is 10.9 Å². The maximum atomic E-state index is 13.4. The van der Waals surface area contributed by atoms with E-state index in [0.717, 1.165) is 26.9 Å². The fraction of sp³-hybridized carbons (Fsp3) is 0.261. The van der Waals surface area contributed by atoms with E-state index in [-0.39, 0.29) is 18.9 Å². The quantitative estimate of drug-likeness (QED) is 0.669. The van der Waals surface area contributed by atoms with Crippen molar-refractivity contribution in [2.24, 2.45) is 7.05 Å². The Morgan fingerprint density at radius 1 is 1.07 bits per heavy atom. The summed E-state index contributed by atoms with van der Waals surface area (Å²) in [4.78, 5) is 41.0. The number of imide groups is 1. The van der Waals surface area contributed by atoms with Crippen LogP contribution in [0.3, 0.4) is 0 Å². The first-order chi connectivity index (χ1) is 14.5. The number of nitrogens with zero attached hydrogens (tertiary/aromatic N) is 3. The molecule has 2 heterocycles. The lowest BCUT2D eigenvalue weighted by Crippen LogP contribution is -2.62. The average Bonchev–Trinajstić information content (AvgIpc) is 3.07. The number of aromatic nitrogens is 1. The van der Waals surface area contributed by atoms with Gasteiger partial charge in [0.2, 0.25) is 5.91 Å². The Morgan fingerprint density at radius 2 is 1.77 bits per heavy atom. The summed E-state index contributed by atoms with van der Waals surface area (Å²) in [5, 5.41) is 0.991. The molecule has 3 amide bonds. The Bertz CT molecular complexity index is 1110. The zero-order valence-electron chi connectivity index (χ0n) is 16.9. The van der Waals surface area contributed by atoms with Gasteiger partial charge in [-0.1, -0.05) is 48.5 Å². The van der Waals surface area contributed by atoms with E-state index in [0.29, 0.717) is 6.54 Å². The molecule has 4 rings (SSSR count). The molecule has 0 unspecified atom stereocenters. The number of methoxy groups -OCH3 is 1. The van der Waals surface area contributed by atoms with Crippen molar-refractivity contribution in [2.45, 2.75) is 19.0 Å². The number of carbonyl (C=O) groups is 3. The number of aryl methyl sites for hydroxylation is 1. The van der Waals surface area contributed by atoms with Gasteiger partial charge >= 0.3 is 6.09 Å². The number of piperazine rings is 1. The summed E-state index contributed by atoms with van der Waals surface area (Å²) in [5.41, 5.74) is 2.84. The molecular weight excluding hydrogens is 382 g/mol. The summed E-state index contributed by atoms with van der Waals surface area (Å²) in [6, 6.07) is 16.4. The van der Waals surface area contributed by atoms with E-state index in [1.54, 1.807) is 0 Å². The molecule has 7 heteroatoms. The van der Waals surface area contributed by atoms with Gasteiger partial charge < -0.3 is 14.2 Å². The van der Waals surface area contributed by atoms with Crippen LogP contribution in [-0.4, -0.2) is 52.0 Å². The van der Waals surface area contributed by atoms with E-state index >= 15 is 0 Å². The van der Waals surface area contributed by atoms with E-state index < -0.39 is 18.0 Å². The normalized spacial score (nSPS) is 16.9. The Balaban J connectivity index is 1.69. The SMILES string of the molecule is COC(=O)N1C(=O)CN(Cc2ccccc2)C(=O)[C@@H]1Cc1cn(C)c2ccccc12. The summed E-state index contributed by atoms with van der Waals surface area (Å²) in [7, 11) is 3.14. The molecule has 2 aromatic carbocycles. The van der Waals surface area contributed by atoms with Crippen LogP contribution < -0.4 is 0 Å². The second kappa shape index (κ2) is 8.02. The number of ether oxygens (including phenoxy) is 1. The van der Waals surface area contributed by atoms with Crippen LogP contribution in [0.5, 0.6) is 0 Å². The summed E-state index contributed by atoms with van der Waals surface area (Å²) in [6.07, 6.45) is 1.36. The third-order valence-corrected chi connectivity index (χ3v) is 5.48. The molecule has 1 saturated heterocycles. The van der Waals surface area contributed by atoms with Crippen molar-refractivity contribution >= 4 is 28.8 Å². The minimum atomic E-state index is -0.951. The van der Waals surface area contributed by atoms with Gasteiger partial charge in [0.1, 0.15) is 12.6 Å². The van der Waals surface area contributed by atoms with E-state index in [9.17, 15) is 14.4 Å². The highest BCUT2D eigenvalue weighted by Gasteiger charge is 2.43. The maximum Gasteiger partial charge on any atom is 0.417 e. The van der Waals surface area contributed by atoms with Gasteiger partial charge in [-0.25, -0.2) is 9.69 Å². The predicted molar refractivity (Wildman–Crippen MR) is 112 cm³/mol. The molecule has 154 valence electrons. The van der Waals surface area contributed by atoms with E-state index in [1.807, 2.05) is 72.4 Å². The lowest BCUT2D eigenvalue weighted by molar-refractivity contribution is -0.154. The maximum absolute atomic E-state index is 13.4. The minimum absolute atomic E-state index is 0.158. The van der Waals surface area contributed by atoms with Crippen molar-refractivity contribution in [3.63, 3.8) is 0 Å². The van der Waals surface area contributed by atoms with Gasteiger partial charge in [0.15, 0.2) is 0 Å². The number of hydrogen-bond acceptors (Lipinski definition) is 4. The molecular formula is C23H23N3O4. The number of fused-ring (bicyclic) bond motifs is 1. The molecule has 7 nitrogen and oxygen atoms in total. The molecule has 3 aromatic rings. The summed E-state index contributed by atoms with van der Waals surface area (Å²) >= 11 is 0. The van der Waals surface area contributed by atoms with E-state index in [1.165, 1.54) is 12.0 Å². The van der Waals surface area contributed by atoms with Gasteiger partial charge in [0.25, 0.3) is 5.91 Å². The number of carbonyl (C=O) groups excluding carboxylic acids is 3. The fourth-order valence-electron chi connectivity index (χ4n) is 4.05. The smallest absolute Gasteiger partial charge is 0.417 e. The van der Waals surface area contributed by atoms with Crippen molar-refractivity contribution in [3.05, 3.63) is 71.9 Å². The van der Waals surface area contributed by atoms with Crippen LogP contribution in [-0.2, 0) is 34.3 Å². The Labute approximate surface area is 174 Å². The van der Waals surface area contributed by atoms with Crippen LogP contribution in [0, 0.1) is 0 Å². The Kier molecular flexibility index (Phi) is 5.27. The van der Waals surface area contributed by atoms with Crippen molar-refractivity contribution in [1.82, 2.24) is 14.4 Å². The second-order valence-electron chi connectivity index (χ2n) is 7.42. The molecule has 0 N–H and O–H groups in total. The lowest BCUT2D eigenvalue weighted by Gasteiger charge is -2.38. The highest BCUT2D eigenvalue weighted by molar-refractivity contribution is 6.03. The molecule has 1 atom stereocenters. The standard InChI is InChI=1S/C23H23N3O4/c1-24-14-17(18-10-6-7-11-19(18)24)12-20-22(28)25(13-16-8-4-3-5-9-16)15-21(27)26(20)23(29)30-2/h3-11,14,20H,12-13,15H2,1-2H3/t20-/m0/s1. The number of hydrogen-bond donors (Lipinski definition) is 0. The first-order valence-corrected chi connectivity index (χ1v) is 9.75. The van der Waals surface area contributed by atoms with Crippen molar-refractivity contribution in [2.75, 3.05) is 13.7 Å². The van der Waals surface area contributed by atoms with Crippen LogP contribution in [0.4, 0.5) is 4.79 Å². The van der Waals surface area contributed by atoms with Gasteiger partial charge in [-0.3, -0.25) is 9.59 Å². The van der Waals surface area contributed by atoms with Crippen molar-refractivity contribution in [1.29, 1.82) is 0 Å².